The summed E-state index contributed by atoms with van der Waals surface area (Å²) in [4.78, 5) is 12.2. The van der Waals surface area contributed by atoms with Gasteiger partial charge in [-0.2, -0.15) is 5.10 Å². The van der Waals surface area contributed by atoms with Crippen molar-refractivity contribution in [2.24, 2.45) is 5.41 Å². The molecule has 5 nitrogen and oxygen atoms in total. The lowest BCUT2D eigenvalue weighted by Gasteiger charge is -2.29. The van der Waals surface area contributed by atoms with Gasteiger partial charge in [0.1, 0.15) is 5.69 Å². The Bertz CT molecular complexity index is 455. The molecule has 1 aromatic heterocycles. The van der Waals surface area contributed by atoms with E-state index in [2.05, 4.69) is 29.4 Å². The zero-order valence-electron chi connectivity index (χ0n) is 11.9. The Morgan fingerprint density at radius 1 is 1.68 bits per heavy atom. The highest BCUT2D eigenvalue weighted by atomic mass is 16.3. The van der Waals surface area contributed by atoms with Crippen LogP contribution in [-0.4, -0.2) is 33.9 Å². The average molecular weight is 265 g/mol. The first kappa shape index (κ1) is 14.1. The quantitative estimate of drug-likeness (QED) is 0.777. The molecule has 0 radical (unpaired) electrons. The normalized spacial score (nSPS) is 26.9. The number of aromatic amines is 1. The van der Waals surface area contributed by atoms with Crippen LogP contribution in [-0.2, 0) is 0 Å². The molecule has 1 fully saturated rings. The standard InChI is InChI=1S/C14H23N3O2/c1-9(2)10-7-11(17-16-10)13(19)15-12-5-4-6-14(12,3)8-18/h7,9,12,18H,4-6,8H2,1-3H3,(H,15,19)(H,16,17). The molecule has 0 aromatic carbocycles. The van der Waals surface area contributed by atoms with Crippen LogP contribution in [0.4, 0.5) is 0 Å². The summed E-state index contributed by atoms with van der Waals surface area (Å²) >= 11 is 0. The number of nitrogens with zero attached hydrogens (tertiary/aromatic N) is 1. The lowest BCUT2D eigenvalue weighted by Crippen LogP contribution is -2.44. The predicted molar refractivity (Wildman–Crippen MR) is 73.0 cm³/mol. The first-order valence-electron chi connectivity index (χ1n) is 6.93. The van der Waals surface area contributed by atoms with Crippen LogP contribution in [0.15, 0.2) is 6.07 Å². The zero-order chi connectivity index (χ0) is 14.0. The fourth-order valence-corrected chi connectivity index (χ4v) is 2.65. The van der Waals surface area contributed by atoms with Gasteiger partial charge in [0, 0.05) is 17.2 Å². The highest BCUT2D eigenvalue weighted by Gasteiger charge is 2.39. The van der Waals surface area contributed by atoms with E-state index in [0.717, 1.165) is 25.0 Å². The summed E-state index contributed by atoms with van der Waals surface area (Å²) in [6.45, 7) is 6.23. The van der Waals surface area contributed by atoms with Gasteiger partial charge in [0.15, 0.2) is 0 Å². The summed E-state index contributed by atoms with van der Waals surface area (Å²) in [5.74, 6) is 0.165. The molecule has 5 heteroatoms. The second kappa shape index (κ2) is 5.33. The average Bonchev–Trinajstić information content (AvgIpc) is 2.98. The number of aromatic nitrogens is 2. The van der Waals surface area contributed by atoms with Crippen molar-refractivity contribution in [1.29, 1.82) is 0 Å². The number of carbonyl (C=O) groups excluding carboxylic acids is 1. The van der Waals surface area contributed by atoms with Gasteiger partial charge in [-0.25, -0.2) is 0 Å². The third kappa shape index (κ3) is 2.81. The SMILES string of the molecule is CC(C)c1cc(C(=O)NC2CCCC2(C)CO)n[nH]1. The molecule has 1 aliphatic carbocycles. The molecule has 1 aliphatic rings. The molecule has 1 amide bonds. The monoisotopic (exact) mass is 265 g/mol. The molecule has 1 saturated carbocycles. The number of nitrogens with one attached hydrogen (secondary N) is 2. The Morgan fingerprint density at radius 3 is 3.00 bits per heavy atom. The minimum absolute atomic E-state index is 0.0317. The molecule has 0 saturated heterocycles. The minimum Gasteiger partial charge on any atom is -0.396 e. The number of aliphatic hydroxyl groups excluding tert-OH is 1. The first-order valence-corrected chi connectivity index (χ1v) is 6.93. The van der Waals surface area contributed by atoms with Crippen molar-refractivity contribution in [3.8, 4) is 0 Å². The maximum atomic E-state index is 12.2. The first-order chi connectivity index (χ1) is 8.96. The molecule has 0 spiro atoms. The third-order valence-corrected chi connectivity index (χ3v) is 4.20. The number of amides is 1. The molecule has 106 valence electrons. The summed E-state index contributed by atoms with van der Waals surface area (Å²) < 4.78 is 0. The van der Waals surface area contributed by atoms with E-state index >= 15 is 0 Å². The van der Waals surface area contributed by atoms with Crippen LogP contribution in [0.3, 0.4) is 0 Å². The van der Waals surface area contributed by atoms with Crippen molar-refractivity contribution >= 4 is 5.91 Å². The summed E-state index contributed by atoms with van der Waals surface area (Å²) in [7, 11) is 0. The van der Waals surface area contributed by atoms with Crippen molar-refractivity contribution in [1.82, 2.24) is 15.5 Å². The Morgan fingerprint density at radius 2 is 2.42 bits per heavy atom. The van der Waals surface area contributed by atoms with Gasteiger partial charge < -0.3 is 10.4 Å². The van der Waals surface area contributed by atoms with Gasteiger partial charge in [0.05, 0.1) is 6.61 Å². The highest BCUT2D eigenvalue weighted by molar-refractivity contribution is 5.92. The zero-order valence-corrected chi connectivity index (χ0v) is 11.9. The molecule has 0 bridgehead atoms. The van der Waals surface area contributed by atoms with Gasteiger partial charge in [0.2, 0.25) is 0 Å². The van der Waals surface area contributed by atoms with Gasteiger partial charge in [-0.05, 0) is 24.8 Å². The number of carbonyl (C=O) groups is 1. The van der Waals surface area contributed by atoms with E-state index in [-0.39, 0.29) is 24.0 Å². The van der Waals surface area contributed by atoms with E-state index in [1.807, 2.05) is 6.92 Å². The van der Waals surface area contributed by atoms with Gasteiger partial charge in [-0.1, -0.05) is 27.2 Å². The molecule has 1 aromatic rings. The van der Waals surface area contributed by atoms with Crippen molar-refractivity contribution in [2.75, 3.05) is 6.61 Å². The minimum atomic E-state index is -0.202. The lowest BCUT2D eigenvalue weighted by atomic mass is 9.86. The van der Waals surface area contributed by atoms with Crippen LogP contribution in [0.2, 0.25) is 0 Å². The molecule has 2 atom stereocenters. The van der Waals surface area contributed by atoms with E-state index in [1.165, 1.54) is 0 Å². The van der Waals surface area contributed by atoms with E-state index in [0.29, 0.717) is 11.6 Å². The lowest BCUT2D eigenvalue weighted by molar-refractivity contribution is 0.0826. The molecule has 19 heavy (non-hydrogen) atoms. The van der Waals surface area contributed by atoms with E-state index < -0.39 is 0 Å². The fraction of sp³-hybridized carbons (Fsp3) is 0.714. The largest absolute Gasteiger partial charge is 0.396 e. The molecule has 3 N–H and O–H groups in total. The van der Waals surface area contributed by atoms with Gasteiger partial charge in [-0.15, -0.1) is 0 Å². The second-order valence-electron chi connectivity index (χ2n) is 6.09. The molecule has 2 unspecified atom stereocenters. The molecule has 2 rings (SSSR count). The van der Waals surface area contributed by atoms with E-state index in [4.69, 9.17) is 0 Å². The van der Waals surface area contributed by atoms with Crippen LogP contribution < -0.4 is 5.32 Å². The van der Waals surface area contributed by atoms with Crippen LogP contribution >= 0.6 is 0 Å². The fourth-order valence-electron chi connectivity index (χ4n) is 2.65. The summed E-state index contributed by atoms with van der Waals surface area (Å²) in [6, 6.07) is 1.83. The Labute approximate surface area is 113 Å². The number of hydrogen-bond donors (Lipinski definition) is 3. The topological polar surface area (TPSA) is 78.0 Å². The van der Waals surface area contributed by atoms with Crippen LogP contribution in [0.25, 0.3) is 0 Å². The smallest absolute Gasteiger partial charge is 0.272 e. The van der Waals surface area contributed by atoms with Crippen LogP contribution in [0.1, 0.15) is 62.1 Å². The number of rotatable bonds is 4. The second-order valence-corrected chi connectivity index (χ2v) is 6.09. The summed E-state index contributed by atoms with van der Waals surface area (Å²) in [5.41, 5.74) is 1.18. The predicted octanol–water partition coefficient (Wildman–Crippen LogP) is 1.81. The molecule has 0 aliphatic heterocycles. The van der Waals surface area contributed by atoms with Gasteiger partial charge in [0.25, 0.3) is 5.91 Å². The van der Waals surface area contributed by atoms with E-state index in [1.54, 1.807) is 6.07 Å². The van der Waals surface area contributed by atoms with Crippen molar-refractivity contribution in [2.45, 2.75) is 52.0 Å². The molecule has 1 heterocycles. The Balaban J connectivity index is 2.04. The molecular weight excluding hydrogens is 242 g/mol. The maximum absolute atomic E-state index is 12.2. The van der Waals surface area contributed by atoms with Gasteiger partial charge in [-0.3, -0.25) is 9.89 Å². The number of hydrogen-bond acceptors (Lipinski definition) is 3. The van der Waals surface area contributed by atoms with Crippen molar-refractivity contribution in [3.05, 3.63) is 17.5 Å². The molecular formula is C14H23N3O2. The van der Waals surface area contributed by atoms with Crippen LogP contribution in [0, 0.1) is 5.41 Å². The Kier molecular flexibility index (Phi) is 3.94. The summed E-state index contributed by atoms with van der Waals surface area (Å²) in [6.07, 6.45) is 2.91. The number of aliphatic hydroxyl groups is 1. The maximum Gasteiger partial charge on any atom is 0.272 e. The van der Waals surface area contributed by atoms with Crippen molar-refractivity contribution < 1.29 is 9.90 Å². The van der Waals surface area contributed by atoms with Crippen LogP contribution in [0.5, 0.6) is 0 Å². The highest BCUT2D eigenvalue weighted by Crippen LogP contribution is 2.37. The van der Waals surface area contributed by atoms with Crippen molar-refractivity contribution in [3.63, 3.8) is 0 Å². The summed E-state index contributed by atoms with van der Waals surface area (Å²) in [5, 5.41) is 19.4. The Hall–Kier alpha value is -1.36. The van der Waals surface area contributed by atoms with Gasteiger partial charge >= 0.3 is 0 Å². The third-order valence-electron chi connectivity index (χ3n) is 4.20. The van der Waals surface area contributed by atoms with E-state index in [9.17, 15) is 9.90 Å². The number of H-pyrrole nitrogens is 1.